The van der Waals surface area contributed by atoms with Crippen LogP contribution in [0, 0.1) is 0 Å². The van der Waals surface area contributed by atoms with E-state index in [2.05, 4.69) is 0 Å². The minimum atomic E-state index is -0.833. The molecular formula is C2H4O2Y+3. The number of rotatable bonds is 0. The maximum absolute atomic E-state index is 9.00. The second-order valence-electron chi connectivity index (χ2n) is 0.519. The van der Waals surface area contributed by atoms with E-state index in [0.29, 0.717) is 0 Å². The molecule has 0 rings (SSSR count). The van der Waals surface area contributed by atoms with Gasteiger partial charge < -0.3 is 5.11 Å². The van der Waals surface area contributed by atoms with E-state index in [4.69, 9.17) is 9.90 Å². The van der Waals surface area contributed by atoms with Gasteiger partial charge in [0, 0.05) is 6.92 Å². The van der Waals surface area contributed by atoms with E-state index in [1.807, 2.05) is 0 Å². The molecule has 0 aromatic carbocycles. The minimum absolute atomic E-state index is 0. The summed E-state index contributed by atoms with van der Waals surface area (Å²) in [6, 6.07) is 0. The largest absolute Gasteiger partial charge is 3.00 e. The first-order valence-electron chi connectivity index (χ1n) is 0.928. The molecule has 0 aliphatic heterocycles. The molecule has 0 aliphatic carbocycles. The van der Waals surface area contributed by atoms with Gasteiger partial charge in [-0.2, -0.15) is 0 Å². The van der Waals surface area contributed by atoms with Crippen LogP contribution in [0.15, 0.2) is 0 Å². The molecule has 0 heterocycles. The summed E-state index contributed by atoms with van der Waals surface area (Å²) in [5, 5.41) is 7.42. The fourth-order valence-corrected chi connectivity index (χ4v) is 0. The third-order valence-corrected chi connectivity index (χ3v) is 0. The molecule has 0 aromatic heterocycles. The quantitative estimate of drug-likeness (QED) is 0.529. The van der Waals surface area contributed by atoms with Gasteiger partial charge in [0.15, 0.2) is 0 Å². The predicted molar refractivity (Wildman–Crippen MR) is 13.3 cm³/mol. The average molecular weight is 149 g/mol. The fraction of sp³-hybridized carbons (Fsp3) is 0.500. The van der Waals surface area contributed by atoms with Crippen molar-refractivity contribution in [3.8, 4) is 0 Å². The third-order valence-electron chi connectivity index (χ3n) is 0. The van der Waals surface area contributed by atoms with E-state index < -0.39 is 5.97 Å². The van der Waals surface area contributed by atoms with Crippen LogP contribution >= 0.6 is 0 Å². The zero-order valence-electron chi connectivity index (χ0n) is 2.93. The summed E-state index contributed by atoms with van der Waals surface area (Å²) in [6.45, 7) is 1.08. The smallest absolute Gasteiger partial charge is 0.481 e. The molecule has 0 fully saturated rings. The minimum Gasteiger partial charge on any atom is -0.481 e. The Balaban J connectivity index is 0. The summed E-state index contributed by atoms with van der Waals surface area (Å²) < 4.78 is 0. The van der Waals surface area contributed by atoms with Gasteiger partial charge in [0.25, 0.3) is 5.97 Å². The molecule has 0 atom stereocenters. The van der Waals surface area contributed by atoms with E-state index in [-0.39, 0.29) is 32.7 Å². The molecule has 0 radical (unpaired) electrons. The number of hydrogen-bond donors (Lipinski definition) is 1. The summed E-state index contributed by atoms with van der Waals surface area (Å²) in [5.74, 6) is -0.833. The molecule has 0 spiro atoms. The van der Waals surface area contributed by atoms with Gasteiger partial charge in [0.2, 0.25) is 0 Å². The summed E-state index contributed by atoms with van der Waals surface area (Å²) in [7, 11) is 0. The van der Waals surface area contributed by atoms with Gasteiger partial charge in [-0.05, 0) is 0 Å². The van der Waals surface area contributed by atoms with Crippen molar-refractivity contribution in [2.45, 2.75) is 6.92 Å². The monoisotopic (exact) mass is 149 g/mol. The van der Waals surface area contributed by atoms with Crippen molar-refractivity contribution in [2.24, 2.45) is 0 Å². The normalized spacial score (nSPS) is 5.00. The van der Waals surface area contributed by atoms with Gasteiger partial charge in [-0.15, -0.1) is 0 Å². The maximum atomic E-state index is 9.00. The van der Waals surface area contributed by atoms with Crippen molar-refractivity contribution in [1.29, 1.82) is 0 Å². The number of carbonyl (C=O) groups is 1. The fourth-order valence-electron chi connectivity index (χ4n) is 0. The maximum Gasteiger partial charge on any atom is 3.00 e. The number of hydrogen-bond acceptors (Lipinski definition) is 1. The first-order valence-corrected chi connectivity index (χ1v) is 0.928. The van der Waals surface area contributed by atoms with Crippen LogP contribution in [-0.4, -0.2) is 11.1 Å². The molecule has 5 heavy (non-hydrogen) atoms. The van der Waals surface area contributed by atoms with Crippen LogP contribution in [0.4, 0.5) is 0 Å². The van der Waals surface area contributed by atoms with Crippen molar-refractivity contribution >= 4 is 5.97 Å². The molecular weight excluding hydrogens is 145 g/mol. The molecule has 0 unspecified atom stereocenters. The molecule has 0 bridgehead atoms. The average Bonchev–Trinajstić information content (AvgIpc) is 0.811. The Morgan fingerprint density at radius 3 is 1.80 bits per heavy atom. The molecule has 0 amide bonds. The van der Waals surface area contributed by atoms with E-state index in [0.717, 1.165) is 6.92 Å². The van der Waals surface area contributed by atoms with Crippen LogP contribution in [0.2, 0.25) is 0 Å². The Kier molecular flexibility index (Phi) is 8.35. The first kappa shape index (κ1) is 9.13. The van der Waals surface area contributed by atoms with Crippen LogP contribution in [0.3, 0.4) is 0 Å². The van der Waals surface area contributed by atoms with Gasteiger partial charge in [-0.1, -0.05) is 0 Å². The van der Waals surface area contributed by atoms with Crippen molar-refractivity contribution in [3.63, 3.8) is 0 Å². The summed E-state index contributed by atoms with van der Waals surface area (Å²) in [5.41, 5.74) is 0. The molecule has 0 aromatic rings. The van der Waals surface area contributed by atoms with Crippen molar-refractivity contribution in [3.05, 3.63) is 0 Å². The summed E-state index contributed by atoms with van der Waals surface area (Å²) >= 11 is 0. The van der Waals surface area contributed by atoms with Crippen LogP contribution < -0.4 is 0 Å². The Morgan fingerprint density at radius 2 is 1.80 bits per heavy atom. The van der Waals surface area contributed by atoms with Crippen LogP contribution in [0.5, 0.6) is 0 Å². The summed E-state index contributed by atoms with van der Waals surface area (Å²) in [6.07, 6.45) is 0. The Hall–Kier alpha value is 0.574. The molecule has 1 N–H and O–H groups in total. The molecule has 0 saturated carbocycles. The predicted octanol–water partition coefficient (Wildman–Crippen LogP) is 0.0884. The topological polar surface area (TPSA) is 37.3 Å². The van der Waals surface area contributed by atoms with Gasteiger partial charge >= 0.3 is 32.7 Å². The molecule has 0 saturated heterocycles. The van der Waals surface area contributed by atoms with Crippen molar-refractivity contribution in [1.82, 2.24) is 0 Å². The Bertz CT molecular complexity index is 30.6. The Morgan fingerprint density at radius 1 is 1.80 bits per heavy atom. The molecule has 2 nitrogen and oxygen atoms in total. The first-order chi connectivity index (χ1) is 1.73. The van der Waals surface area contributed by atoms with Gasteiger partial charge in [-0.25, -0.2) is 0 Å². The number of aliphatic carboxylic acids is 1. The van der Waals surface area contributed by atoms with E-state index in [9.17, 15) is 0 Å². The second-order valence-corrected chi connectivity index (χ2v) is 0.519. The summed E-state index contributed by atoms with van der Waals surface area (Å²) in [4.78, 5) is 9.00. The van der Waals surface area contributed by atoms with E-state index in [1.165, 1.54) is 0 Å². The van der Waals surface area contributed by atoms with Crippen LogP contribution in [0.1, 0.15) is 6.92 Å². The second kappa shape index (κ2) is 4.57. The number of carboxylic acid groups (broad SMARTS) is 1. The standard InChI is InChI=1S/C2H4O2.Y/c1-2(3)4;/h1H3,(H,3,4);/q;+3. The zero-order valence-corrected chi connectivity index (χ0v) is 5.77. The van der Waals surface area contributed by atoms with E-state index >= 15 is 0 Å². The van der Waals surface area contributed by atoms with Crippen LogP contribution in [-0.2, 0) is 37.5 Å². The Labute approximate surface area is 55.4 Å². The SMILES string of the molecule is CC(=O)O.[Y+3]. The molecule has 24 valence electrons. The van der Waals surface area contributed by atoms with Gasteiger partial charge in [-0.3, -0.25) is 4.79 Å². The number of carboxylic acids is 1. The van der Waals surface area contributed by atoms with Crippen molar-refractivity contribution < 1.29 is 42.6 Å². The van der Waals surface area contributed by atoms with Crippen molar-refractivity contribution in [2.75, 3.05) is 0 Å². The zero-order chi connectivity index (χ0) is 3.58. The third kappa shape index (κ3) is 92.0. The van der Waals surface area contributed by atoms with Gasteiger partial charge in [0.1, 0.15) is 0 Å². The molecule has 0 aliphatic rings. The van der Waals surface area contributed by atoms with E-state index in [1.54, 1.807) is 0 Å². The van der Waals surface area contributed by atoms with Gasteiger partial charge in [0.05, 0.1) is 0 Å². The van der Waals surface area contributed by atoms with Crippen LogP contribution in [0.25, 0.3) is 0 Å². The molecule has 3 heteroatoms.